The van der Waals surface area contributed by atoms with E-state index in [0.29, 0.717) is 29.4 Å². The molecule has 1 aromatic rings. The maximum absolute atomic E-state index is 12.9. The maximum Gasteiger partial charge on any atom is 0.315 e. The summed E-state index contributed by atoms with van der Waals surface area (Å²) >= 11 is 12.3. The summed E-state index contributed by atoms with van der Waals surface area (Å²) in [7, 11) is 0. The van der Waals surface area contributed by atoms with Crippen LogP contribution in [-0.4, -0.2) is 27.9 Å². The molecule has 1 saturated heterocycles. The highest BCUT2D eigenvalue weighted by Gasteiger charge is 2.65. The molecule has 0 aromatic heterocycles. The number of carbonyl (C=O) groups is 2. The van der Waals surface area contributed by atoms with Gasteiger partial charge in [-0.1, -0.05) is 29.3 Å². The zero-order chi connectivity index (χ0) is 16.8. The smallest absolute Gasteiger partial charge is 0.315 e. The molecule has 2 amide bonds. The van der Waals surface area contributed by atoms with Crippen LogP contribution in [0, 0.1) is 0 Å². The van der Waals surface area contributed by atoms with E-state index < -0.39 is 11.4 Å². The van der Waals surface area contributed by atoms with Gasteiger partial charge in [-0.3, -0.25) is 4.79 Å². The molecule has 3 rings (SSSR count). The predicted octanol–water partition coefficient (Wildman–Crippen LogP) is 3.43. The fraction of sp³-hybridized carbons (Fsp3) is 0.529. The zero-order valence-electron chi connectivity index (χ0n) is 13.1. The van der Waals surface area contributed by atoms with Crippen LogP contribution in [0.5, 0.6) is 0 Å². The Morgan fingerprint density at radius 2 is 2.09 bits per heavy atom. The largest absolute Gasteiger partial charge is 0.364 e. The number of quaternary nitrogens is 1. The van der Waals surface area contributed by atoms with E-state index in [-0.39, 0.29) is 16.4 Å². The first-order chi connectivity index (χ1) is 10.8. The lowest BCUT2D eigenvalue weighted by Gasteiger charge is -2.51. The maximum atomic E-state index is 12.9. The number of nitrogens with two attached hydrogens (primary N) is 1. The Kier molecular flexibility index (Phi) is 4.20. The number of primary amides is 1. The predicted molar refractivity (Wildman–Crippen MR) is 89.9 cm³/mol. The van der Waals surface area contributed by atoms with Gasteiger partial charge in [-0.25, -0.2) is 9.28 Å². The highest BCUT2D eigenvalue weighted by atomic mass is 35.5. The van der Waals surface area contributed by atoms with Gasteiger partial charge in [0.15, 0.2) is 5.54 Å². The molecule has 4 nitrogen and oxygen atoms in total. The van der Waals surface area contributed by atoms with Crippen molar-refractivity contribution in [3.63, 3.8) is 0 Å². The SMILES string of the molecule is C[C@@]1(C(N)=O)CCC(=O)[N+]1(Cc1ccc(Cl)cc1Cl)C1CCC1. The lowest BCUT2D eigenvalue weighted by atomic mass is 9.83. The van der Waals surface area contributed by atoms with Gasteiger partial charge in [0.05, 0.1) is 17.5 Å². The molecule has 1 aromatic carbocycles. The van der Waals surface area contributed by atoms with Crippen LogP contribution < -0.4 is 5.73 Å². The number of benzene rings is 1. The number of halogens is 2. The highest BCUT2D eigenvalue weighted by molar-refractivity contribution is 6.35. The summed E-state index contributed by atoms with van der Waals surface area (Å²) < 4.78 is 0.115. The van der Waals surface area contributed by atoms with Crippen molar-refractivity contribution in [3.8, 4) is 0 Å². The third-order valence-corrected chi connectivity index (χ3v) is 6.40. The number of likely N-dealkylation sites (tertiary alicyclic amines) is 1. The topological polar surface area (TPSA) is 60.2 Å². The van der Waals surface area contributed by atoms with E-state index in [4.69, 9.17) is 28.9 Å². The normalized spacial score (nSPS) is 31.2. The summed E-state index contributed by atoms with van der Waals surface area (Å²) in [5, 5.41) is 1.08. The molecule has 1 heterocycles. The monoisotopic (exact) mass is 355 g/mol. The van der Waals surface area contributed by atoms with E-state index in [9.17, 15) is 9.59 Å². The number of rotatable bonds is 4. The molecule has 2 N–H and O–H groups in total. The average Bonchev–Trinajstić information content (AvgIpc) is 2.67. The van der Waals surface area contributed by atoms with Crippen molar-refractivity contribution in [2.75, 3.05) is 0 Å². The Bertz CT molecular complexity index is 675. The molecule has 0 spiro atoms. The minimum Gasteiger partial charge on any atom is -0.364 e. The second-order valence-corrected chi connectivity index (χ2v) is 7.72. The minimum absolute atomic E-state index is 0.0991. The number of hydrogen-bond acceptors (Lipinski definition) is 2. The molecule has 6 heteroatoms. The van der Waals surface area contributed by atoms with Crippen molar-refractivity contribution in [2.24, 2.45) is 5.73 Å². The number of hydrogen-bond donors (Lipinski definition) is 1. The molecule has 1 aliphatic carbocycles. The van der Waals surface area contributed by atoms with Crippen LogP contribution in [0.25, 0.3) is 0 Å². The molecule has 1 aliphatic heterocycles. The number of carbonyl (C=O) groups excluding carboxylic acids is 2. The zero-order valence-corrected chi connectivity index (χ0v) is 14.7. The van der Waals surface area contributed by atoms with E-state index in [0.717, 1.165) is 24.8 Å². The standard InChI is InChI=1S/C17H20Cl2N2O2/c1-17(16(20)23)8-7-15(22)21(17,13-3-2-4-13)10-11-5-6-12(18)9-14(11)19/h5-6,9,13H,2-4,7-8,10H2,1H3,(H-,20,23)/p+1/t17-,21?/m0/s1. The molecular formula is C17H21Cl2N2O2+. The Morgan fingerprint density at radius 3 is 2.61 bits per heavy atom. The van der Waals surface area contributed by atoms with Crippen LogP contribution in [0.1, 0.15) is 44.6 Å². The lowest BCUT2D eigenvalue weighted by molar-refractivity contribution is -0.927. The van der Waals surface area contributed by atoms with Crippen molar-refractivity contribution in [2.45, 2.75) is 57.2 Å². The summed E-state index contributed by atoms with van der Waals surface area (Å²) in [5.74, 6) is -0.303. The fourth-order valence-corrected chi connectivity index (χ4v) is 4.56. The van der Waals surface area contributed by atoms with Crippen LogP contribution in [0.15, 0.2) is 18.2 Å². The highest BCUT2D eigenvalue weighted by Crippen LogP contribution is 2.48. The second-order valence-electron chi connectivity index (χ2n) is 6.88. The first-order valence-corrected chi connectivity index (χ1v) is 8.72. The van der Waals surface area contributed by atoms with Gasteiger partial charge in [-0.05, 0) is 18.6 Å². The van der Waals surface area contributed by atoms with Crippen molar-refractivity contribution < 1.29 is 14.1 Å². The summed E-state index contributed by atoms with van der Waals surface area (Å²) in [6.07, 6.45) is 3.87. The third-order valence-electron chi connectivity index (χ3n) is 5.82. The molecule has 124 valence electrons. The van der Waals surface area contributed by atoms with Crippen LogP contribution in [-0.2, 0) is 16.1 Å². The van der Waals surface area contributed by atoms with Crippen molar-refractivity contribution in [3.05, 3.63) is 33.8 Å². The molecule has 1 saturated carbocycles. The van der Waals surface area contributed by atoms with Gasteiger partial charge < -0.3 is 5.73 Å². The van der Waals surface area contributed by atoms with Gasteiger partial charge in [0.25, 0.3) is 5.91 Å². The second kappa shape index (κ2) is 5.76. The van der Waals surface area contributed by atoms with Gasteiger partial charge in [-0.15, -0.1) is 0 Å². The van der Waals surface area contributed by atoms with E-state index in [1.165, 1.54) is 0 Å². The first kappa shape index (κ1) is 16.7. The Hall–Kier alpha value is -1.10. The van der Waals surface area contributed by atoms with Crippen LogP contribution in [0.3, 0.4) is 0 Å². The van der Waals surface area contributed by atoms with E-state index >= 15 is 0 Å². The fourth-order valence-electron chi connectivity index (χ4n) is 4.09. The lowest BCUT2D eigenvalue weighted by Crippen LogP contribution is -2.71. The average molecular weight is 356 g/mol. The molecule has 2 fully saturated rings. The summed E-state index contributed by atoms with van der Waals surface area (Å²) in [5.41, 5.74) is 5.71. The molecule has 2 atom stereocenters. The summed E-state index contributed by atoms with van der Waals surface area (Å²) in [6, 6.07) is 5.44. The van der Waals surface area contributed by atoms with E-state index in [2.05, 4.69) is 0 Å². The Balaban J connectivity index is 2.09. The third kappa shape index (κ3) is 2.39. The molecule has 2 aliphatic rings. The van der Waals surface area contributed by atoms with Gasteiger partial charge in [0.2, 0.25) is 0 Å². The van der Waals surface area contributed by atoms with Crippen LogP contribution in [0.4, 0.5) is 0 Å². The van der Waals surface area contributed by atoms with Gasteiger partial charge in [0.1, 0.15) is 6.54 Å². The molecule has 1 unspecified atom stereocenters. The Morgan fingerprint density at radius 1 is 1.39 bits per heavy atom. The number of nitrogens with zero attached hydrogens (tertiary/aromatic N) is 1. The summed E-state index contributed by atoms with van der Waals surface area (Å²) in [6.45, 7) is 2.24. The van der Waals surface area contributed by atoms with Crippen molar-refractivity contribution in [1.29, 1.82) is 0 Å². The molecular weight excluding hydrogens is 335 g/mol. The minimum atomic E-state index is -0.870. The van der Waals surface area contributed by atoms with Gasteiger partial charge >= 0.3 is 5.91 Å². The first-order valence-electron chi connectivity index (χ1n) is 7.96. The van der Waals surface area contributed by atoms with E-state index in [1.54, 1.807) is 12.1 Å². The summed E-state index contributed by atoms with van der Waals surface area (Å²) in [4.78, 5) is 25.2. The Labute approximate surface area is 146 Å². The molecule has 0 radical (unpaired) electrons. The molecule has 23 heavy (non-hydrogen) atoms. The van der Waals surface area contributed by atoms with E-state index in [1.807, 2.05) is 13.0 Å². The van der Waals surface area contributed by atoms with Gasteiger partial charge in [-0.2, -0.15) is 0 Å². The quantitative estimate of drug-likeness (QED) is 0.841. The van der Waals surface area contributed by atoms with Crippen molar-refractivity contribution >= 4 is 35.0 Å². The van der Waals surface area contributed by atoms with Crippen LogP contribution >= 0.6 is 23.2 Å². The van der Waals surface area contributed by atoms with Crippen LogP contribution in [0.2, 0.25) is 10.0 Å². The van der Waals surface area contributed by atoms with Crippen molar-refractivity contribution in [1.82, 2.24) is 0 Å². The van der Waals surface area contributed by atoms with Gasteiger partial charge in [0, 0.05) is 36.8 Å². The molecule has 0 bridgehead atoms. The number of amides is 2.